The Morgan fingerprint density at radius 1 is 0.944 bits per heavy atom. The minimum atomic E-state index is -2.39. The van der Waals surface area contributed by atoms with E-state index in [0.29, 0.717) is 0 Å². The minimum absolute atomic E-state index is 0.168. The molecule has 2 N–H and O–H groups in total. The van der Waals surface area contributed by atoms with E-state index in [9.17, 15) is 15.0 Å². The number of carboxylic acids is 1. The van der Waals surface area contributed by atoms with Gasteiger partial charge in [0.05, 0.1) is 0 Å². The van der Waals surface area contributed by atoms with Gasteiger partial charge < -0.3 is 14.9 Å². The first-order valence-electron chi connectivity index (χ1n) is 5.38. The van der Waals surface area contributed by atoms with Gasteiger partial charge in [-0.25, -0.2) is 4.79 Å². The number of rotatable bonds is 4. The summed E-state index contributed by atoms with van der Waals surface area (Å²) in [5.41, 5.74) is 0.168. The lowest BCUT2D eigenvalue weighted by Crippen LogP contribution is -2.41. The van der Waals surface area contributed by atoms with E-state index in [4.69, 9.17) is 4.74 Å². The van der Waals surface area contributed by atoms with Crippen molar-refractivity contribution in [2.45, 2.75) is 5.79 Å². The van der Waals surface area contributed by atoms with Crippen LogP contribution in [0.4, 0.5) is 0 Å². The maximum absolute atomic E-state index is 11.3. The van der Waals surface area contributed by atoms with Crippen LogP contribution in [0.5, 0.6) is 5.75 Å². The van der Waals surface area contributed by atoms with Crippen molar-refractivity contribution in [2.75, 3.05) is 0 Å². The van der Waals surface area contributed by atoms with Gasteiger partial charge in [-0.15, -0.1) is 0 Å². The Kier molecular flexibility index (Phi) is 3.30. The summed E-state index contributed by atoms with van der Waals surface area (Å²) in [6, 6.07) is 16.3. The summed E-state index contributed by atoms with van der Waals surface area (Å²) in [5, 5.41) is 19.4. The number of benzene rings is 2. The molecule has 0 aliphatic rings. The molecule has 92 valence electrons. The van der Waals surface area contributed by atoms with E-state index >= 15 is 0 Å². The van der Waals surface area contributed by atoms with Crippen LogP contribution in [0.25, 0.3) is 0 Å². The zero-order valence-corrected chi connectivity index (χ0v) is 9.48. The number of aliphatic carboxylic acids is 1. The van der Waals surface area contributed by atoms with Crippen LogP contribution in [0.15, 0.2) is 60.7 Å². The van der Waals surface area contributed by atoms with E-state index in [1.54, 1.807) is 48.5 Å². The lowest BCUT2D eigenvalue weighted by Gasteiger charge is -2.24. The molecule has 0 spiro atoms. The molecule has 0 aliphatic heterocycles. The van der Waals surface area contributed by atoms with Crippen LogP contribution < -0.4 is 4.74 Å². The summed E-state index contributed by atoms with van der Waals surface area (Å²) >= 11 is 0. The molecular weight excluding hydrogens is 232 g/mol. The summed E-state index contributed by atoms with van der Waals surface area (Å²) in [5.74, 6) is -3.56. The number of hydrogen-bond donors (Lipinski definition) is 2. The molecule has 0 saturated heterocycles. The Morgan fingerprint density at radius 2 is 1.44 bits per heavy atom. The zero-order chi connectivity index (χ0) is 13.0. The van der Waals surface area contributed by atoms with Gasteiger partial charge in [-0.1, -0.05) is 48.5 Å². The third-order valence-electron chi connectivity index (χ3n) is 2.46. The normalized spacial score (nSPS) is 13.6. The molecule has 0 aromatic heterocycles. The second kappa shape index (κ2) is 4.89. The SMILES string of the molecule is O=C(O)C(O)(Oc1ccccc1)c1ccccc1. The van der Waals surface area contributed by atoms with E-state index in [1.165, 1.54) is 12.1 Å². The molecule has 4 nitrogen and oxygen atoms in total. The van der Waals surface area contributed by atoms with Gasteiger partial charge in [-0.3, -0.25) is 0 Å². The molecule has 18 heavy (non-hydrogen) atoms. The number of aliphatic hydroxyl groups is 1. The molecule has 0 heterocycles. The maximum Gasteiger partial charge on any atom is 0.382 e. The molecule has 0 fully saturated rings. The van der Waals surface area contributed by atoms with Crippen LogP contribution in [0.3, 0.4) is 0 Å². The topological polar surface area (TPSA) is 66.8 Å². The van der Waals surface area contributed by atoms with Crippen molar-refractivity contribution in [3.63, 3.8) is 0 Å². The van der Waals surface area contributed by atoms with Gasteiger partial charge in [0.2, 0.25) is 0 Å². The summed E-state index contributed by atoms with van der Waals surface area (Å²) in [6.07, 6.45) is 0. The second-order valence-corrected chi connectivity index (χ2v) is 3.73. The largest absolute Gasteiger partial charge is 0.476 e. The van der Waals surface area contributed by atoms with Gasteiger partial charge in [-0.2, -0.15) is 0 Å². The van der Waals surface area contributed by atoms with Crippen LogP contribution in [-0.2, 0) is 10.6 Å². The molecule has 0 saturated carbocycles. The number of carboxylic acid groups (broad SMARTS) is 1. The molecule has 0 radical (unpaired) electrons. The van der Waals surface area contributed by atoms with Crippen LogP contribution in [-0.4, -0.2) is 16.2 Å². The van der Waals surface area contributed by atoms with Gasteiger partial charge in [0.25, 0.3) is 0 Å². The van der Waals surface area contributed by atoms with E-state index in [0.717, 1.165) is 0 Å². The Labute approximate surface area is 104 Å². The first kappa shape index (κ1) is 12.1. The fourth-order valence-corrected chi connectivity index (χ4v) is 1.55. The molecule has 2 aromatic rings. The molecule has 4 heteroatoms. The van der Waals surface area contributed by atoms with E-state index in [-0.39, 0.29) is 11.3 Å². The Morgan fingerprint density at radius 3 is 1.94 bits per heavy atom. The Bertz CT molecular complexity index is 524. The monoisotopic (exact) mass is 244 g/mol. The van der Waals surface area contributed by atoms with Gasteiger partial charge in [0.1, 0.15) is 5.75 Å². The molecule has 0 bridgehead atoms. The molecule has 0 aliphatic carbocycles. The third-order valence-corrected chi connectivity index (χ3v) is 2.46. The lowest BCUT2D eigenvalue weighted by molar-refractivity contribution is -0.198. The standard InChI is InChI=1S/C14H12O4/c15-13(16)14(17,11-7-3-1-4-8-11)18-12-9-5-2-6-10-12/h1-10,17H,(H,15,16). The molecule has 2 aromatic carbocycles. The summed E-state index contributed by atoms with van der Waals surface area (Å²) in [6.45, 7) is 0. The van der Waals surface area contributed by atoms with Gasteiger partial charge in [-0.05, 0) is 12.1 Å². The number of carbonyl (C=O) groups is 1. The predicted octanol–water partition coefficient (Wildman–Crippen LogP) is 2.00. The average Bonchev–Trinajstić information content (AvgIpc) is 2.40. The quantitative estimate of drug-likeness (QED) is 0.807. The smallest absolute Gasteiger partial charge is 0.382 e. The zero-order valence-electron chi connectivity index (χ0n) is 9.48. The Balaban J connectivity index is 2.37. The van der Waals surface area contributed by atoms with Crippen LogP contribution in [0.2, 0.25) is 0 Å². The second-order valence-electron chi connectivity index (χ2n) is 3.73. The first-order valence-corrected chi connectivity index (χ1v) is 5.38. The summed E-state index contributed by atoms with van der Waals surface area (Å²) < 4.78 is 5.21. The average molecular weight is 244 g/mol. The number of ether oxygens (including phenoxy) is 1. The minimum Gasteiger partial charge on any atom is -0.476 e. The molecular formula is C14H12O4. The van der Waals surface area contributed by atoms with Crippen molar-refractivity contribution in [2.24, 2.45) is 0 Å². The van der Waals surface area contributed by atoms with Gasteiger partial charge >= 0.3 is 11.8 Å². The van der Waals surface area contributed by atoms with Crippen molar-refractivity contribution >= 4 is 5.97 Å². The summed E-state index contributed by atoms with van der Waals surface area (Å²) in [4.78, 5) is 11.3. The van der Waals surface area contributed by atoms with Crippen LogP contribution in [0, 0.1) is 0 Å². The Hall–Kier alpha value is -2.33. The van der Waals surface area contributed by atoms with Crippen LogP contribution >= 0.6 is 0 Å². The number of hydrogen-bond acceptors (Lipinski definition) is 3. The molecule has 1 unspecified atom stereocenters. The van der Waals surface area contributed by atoms with Crippen LogP contribution in [0.1, 0.15) is 5.56 Å². The maximum atomic E-state index is 11.3. The highest BCUT2D eigenvalue weighted by atomic mass is 16.6. The van der Waals surface area contributed by atoms with E-state index in [2.05, 4.69) is 0 Å². The summed E-state index contributed by atoms with van der Waals surface area (Å²) in [7, 11) is 0. The fraction of sp³-hybridized carbons (Fsp3) is 0.0714. The van der Waals surface area contributed by atoms with Crippen molar-refractivity contribution in [1.82, 2.24) is 0 Å². The molecule has 1 atom stereocenters. The van der Waals surface area contributed by atoms with Gasteiger partial charge in [0.15, 0.2) is 0 Å². The van der Waals surface area contributed by atoms with Crippen molar-refractivity contribution in [3.8, 4) is 5.75 Å². The van der Waals surface area contributed by atoms with E-state index in [1.807, 2.05) is 0 Å². The van der Waals surface area contributed by atoms with Crippen molar-refractivity contribution in [3.05, 3.63) is 66.2 Å². The van der Waals surface area contributed by atoms with Gasteiger partial charge in [0, 0.05) is 5.56 Å². The lowest BCUT2D eigenvalue weighted by atomic mass is 10.1. The predicted molar refractivity (Wildman–Crippen MR) is 65.0 cm³/mol. The molecule has 0 amide bonds. The highest BCUT2D eigenvalue weighted by Crippen LogP contribution is 2.26. The van der Waals surface area contributed by atoms with E-state index < -0.39 is 11.8 Å². The highest BCUT2D eigenvalue weighted by molar-refractivity contribution is 5.77. The number of para-hydroxylation sites is 1. The highest BCUT2D eigenvalue weighted by Gasteiger charge is 2.41. The third kappa shape index (κ3) is 2.33. The first-order chi connectivity index (χ1) is 8.63. The van der Waals surface area contributed by atoms with Crippen molar-refractivity contribution < 1.29 is 19.7 Å². The molecule has 2 rings (SSSR count). The van der Waals surface area contributed by atoms with Crippen molar-refractivity contribution in [1.29, 1.82) is 0 Å². The fourth-order valence-electron chi connectivity index (χ4n) is 1.55.